The molecule has 3 aliphatic heterocycles. The molecule has 0 aliphatic carbocycles. The van der Waals surface area contributed by atoms with Gasteiger partial charge in [-0.25, -0.2) is 4.79 Å². The smallest absolute Gasteiger partial charge is 0.415 e. The number of quaternary nitrogens is 1. The first kappa shape index (κ1) is 23.3. The lowest BCUT2D eigenvalue weighted by molar-refractivity contribution is -0.938. The molecule has 7 heteroatoms. The Morgan fingerprint density at radius 1 is 1.03 bits per heavy atom. The molecule has 34 heavy (non-hydrogen) atoms. The number of piperidine rings is 3. The highest BCUT2D eigenvalue weighted by molar-refractivity contribution is 9.10. The van der Waals surface area contributed by atoms with E-state index in [2.05, 4.69) is 15.9 Å². The molecule has 0 saturated carbocycles. The van der Waals surface area contributed by atoms with Crippen molar-refractivity contribution in [3.8, 4) is 0 Å². The van der Waals surface area contributed by atoms with Crippen LogP contribution in [0.3, 0.4) is 0 Å². The maximum Gasteiger partial charge on any atom is 0.415 e. The lowest BCUT2D eigenvalue weighted by atomic mass is 9.83. The summed E-state index contributed by atoms with van der Waals surface area (Å²) in [5.41, 5.74) is 1.58. The lowest BCUT2D eigenvalue weighted by Crippen LogP contribution is -2.66. The SMILES string of the molecule is O=C(C[N+]12CCC(CC1)[C@@H](OC(=O)N(Cc1cc(Br)cs1)c1ccccc1)C2)c1ccccc1. The molecule has 0 N–H and O–H groups in total. The Balaban J connectivity index is 1.31. The molecule has 0 unspecified atom stereocenters. The number of carbonyl (C=O) groups is 2. The van der Waals surface area contributed by atoms with Crippen LogP contribution in [0.2, 0.25) is 0 Å². The molecule has 3 aliphatic rings. The molecular formula is C27H28BrN2O3S+. The van der Waals surface area contributed by atoms with Gasteiger partial charge in [-0.2, -0.15) is 0 Å². The van der Waals surface area contributed by atoms with E-state index in [1.807, 2.05) is 72.1 Å². The van der Waals surface area contributed by atoms with E-state index in [1.165, 1.54) is 0 Å². The normalized spacial score (nSPS) is 23.4. The molecule has 1 atom stereocenters. The van der Waals surface area contributed by atoms with Crippen LogP contribution in [-0.4, -0.2) is 48.6 Å². The first-order chi connectivity index (χ1) is 16.5. The number of amides is 1. The van der Waals surface area contributed by atoms with E-state index in [0.29, 0.717) is 30.0 Å². The molecule has 2 aromatic carbocycles. The molecule has 0 spiro atoms. The number of hydrogen-bond acceptors (Lipinski definition) is 4. The van der Waals surface area contributed by atoms with Gasteiger partial charge in [-0.05, 0) is 34.1 Å². The minimum atomic E-state index is -0.318. The molecule has 5 nitrogen and oxygen atoms in total. The molecule has 3 fully saturated rings. The van der Waals surface area contributed by atoms with E-state index in [4.69, 9.17) is 4.74 Å². The predicted molar refractivity (Wildman–Crippen MR) is 138 cm³/mol. The van der Waals surface area contributed by atoms with Gasteiger partial charge in [0, 0.05) is 44.7 Å². The van der Waals surface area contributed by atoms with Crippen LogP contribution in [0.4, 0.5) is 10.5 Å². The van der Waals surface area contributed by atoms with Gasteiger partial charge in [0.15, 0.2) is 6.10 Å². The Morgan fingerprint density at radius 2 is 1.71 bits per heavy atom. The fourth-order valence-electron chi connectivity index (χ4n) is 5.25. The molecule has 3 saturated heterocycles. The van der Waals surface area contributed by atoms with E-state index in [1.54, 1.807) is 16.2 Å². The number of anilines is 1. The summed E-state index contributed by atoms with van der Waals surface area (Å²) < 4.78 is 7.91. The van der Waals surface area contributed by atoms with Gasteiger partial charge in [-0.15, -0.1) is 11.3 Å². The van der Waals surface area contributed by atoms with Gasteiger partial charge in [0.1, 0.15) is 13.1 Å². The number of nitrogens with zero attached hydrogens (tertiary/aromatic N) is 2. The summed E-state index contributed by atoms with van der Waals surface area (Å²) in [7, 11) is 0. The molecule has 1 aromatic heterocycles. The zero-order valence-corrected chi connectivity index (χ0v) is 21.3. The van der Waals surface area contributed by atoms with E-state index < -0.39 is 0 Å². The number of ether oxygens (including phenoxy) is 1. The van der Waals surface area contributed by atoms with Crippen LogP contribution in [0.25, 0.3) is 0 Å². The van der Waals surface area contributed by atoms with Crippen molar-refractivity contribution in [1.82, 2.24) is 0 Å². The minimum Gasteiger partial charge on any atom is -0.440 e. The van der Waals surface area contributed by atoms with Gasteiger partial charge >= 0.3 is 6.09 Å². The summed E-state index contributed by atoms with van der Waals surface area (Å²) >= 11 is 5.12. The zero-order chi connectivity index (χ0) is 23.5. The second-order valence-electron chi connectivity index (χ2n) is 9.33. The number of para-hydroxylation sites is 1. The number of benzene rings is 2. The molecular weight excluding hydrogens is 512 g/mol. The van der Waals surface area contributed by atoms with E-state index in [-0.39, 0.29) is 18.0 Å². The van der Waals surface area contributed by atoms with Crippen LogP contribution in [0.15, 0.2) is 76.6 Å². The molecule has 4 heterocycles. The summed E-state index contributed by atoms with van der Waals surface area (Å²) in [4.78, 5) is 29.3. The Hall–Kier alpha value is -2.48. The van der Waals surface area contributed by atoms with Gasteiger partial charge in [-0.3, -0.25) is 9.69 Å². The summed E-state index contributed by atoms with van der Waals surface area (Å²) in [6, 6.07) is 21.2. The third-order valence-corrected chi connectivity index (χ3v) is 8.77. The highest BCUT2D eigenvalue weighted by Gasteiger charge is 2.48. The third-order valence-electron chi connectivity index (χ3n) is 7.09. The van der Waals surface area contributed by atoms with Crippen LogP contribution in [0, 0.1) is 5.92 Å². The quantitative estimate of drug-likeness (QED) is 0.267. The Morgan fingerprint density at radius 3 is 2.35 bits per heavy atom. The summed E-state index contributed by atoms with van der Waals surface area (Å²) in [5, 5.41) is 2.02. The molecule has 1 amide bonds. The van der Waals surface area contributed by atoms with Crippen LogP contribution in [0.1, 0.15) is 28.1 Å². The van der Waals surface area contributed by atoms with Crippen molar-refractivity contribution in [1.29, 1.82) is 0 Å². The zero-order valence-electron chi connectivity index (χ0n) is 18.9. The third kappa shape index (κ3) is 5.11. The molecule has 0 radical (unpaired) electrons. The number of Topliss-reactive ketones (excluding diaryl/α,β-unsaturated/α-hetero) is 1. The van der Waals surface area contributed by atoms with Crippen LogP contribution < -0.4 is 4.90 Å². The average molecular weight is 541 g/mol. The Labute approximate surface area is 212 Å². The maximum atomic E-state index is 13.5. The second-order valence-corrected chi connectivity index (χ2v) is 11.2. The topological polar surface area (TPSA) is 46.6 Å². The number of carbonyl (C=O) groups excluding carboxylic acids is 2. The highest BCUT2D eigenvalue weighted by atomic mass is 79.9. The highest BCUT2D eigenvalue weighted by Crippen LogP contribution is 2.36. The molecule has 3 aromatic rings. The van der Waals surface area contributed by atoms with Crippen molar-refractivity contribution in [3.05, 3.63) is 87.0 Å². The minimum absolute atomic E-state index is 0.167. The fraction of sp³-hybridized carbons (Fsp3) is 0.333. The van der Waals surface area contributed by atoms with Crippen molar-refractivity contribution >= 4 is 44.8 Å². The van der Waals surface area contributed by atoms with E-state index in [0.717, 1.165) is 46.5 Å². The van der Waals surface area contributed by atoms with Gasteiger partial charge in [0.2, 0.25) is 5.78 Å². The summed E-state index contributed by atoms with van der Waals surface area (Å²) in [6.07, 6.45) is 1.49. The molecule has 2 bridgehead atoms. The van der Waals surface area contributed by atoms with Gasteiger partial charge in [0.05, 0.1) is 19.6 Å². The number of fused-ring (bicyclic) bond motifs is 3. The number of thiophene rings is 1. The van der Waals surface area contributed by atoms with Crippen LogP contribution in [0.5, 0.6) is 0 Å². The molecule has 6 rings (SSSR count). The van der Waals surface area contributed by atoms with Crippen LogP contribution >= 0.6 is 27.3 Å². The standard InChI is InChI=1S/C27H28BrN2O3S/c28-22-15-24(34-19-22)16-29(23-9-5-2-6-10-23)27(32)33-26-18-30(13-11-21(26)12-14-30)17-25(31)20-7-3-1-4-8-20/h1-10,15,19,21,26H,11-14,16-18H2/q+1/t21?,26-,30?/m0/s1. The first-order valence-electron chi connectivity index (χ1n) is 11.7. The largest absolute Gasteiger partial charge is 0.440 e. The van der Waals surface area contributed by atoms with Crippen molar-refractivity contribution in [2.75, 3.05) is 31.1 Å². The monoisotopic (exact) mass is 539 g/mol. The van der Waals surface area contributed by atoms with Gasteiger partial charge < -0.3 is 9.22 Å². The predicted octanol–water partition coefficient (Wildman–Crippen LogP) is 6.15. The number of rotatable bonds is 7. The van der Waals surface area contributed by atoms with E-state index in [9.17, 15) is 9.59 Å². The first-order valence-corrected chi connectivity index (χ1v) is 13.4. The number of halogens is 1. The lowest BCUT2D eigenvalue weighted by Gasteiger charge is -2.51. The van der Waals surface area contributed by atoms with Crippen molar-refractivity contribution < 1.29 is 18.8 Å². The second kappa shape index (κ2) is 10.0. The van der Waals surface area contributed by atoms with Crippen molar-refractivity contribution in [2.45, 2.75) is 25.5 Å². The van der Waals surface area contributed by atoms with Crippen molar-refractivity contribution in [2.24, 2.45) is 5.92 Å². The van der Waals surface area contributed by atoms with Gasteiger partial charge in [-0.1, -0.05) is 48.5 Å². The maximum absolute atomic E-state index is 13.5. The number of hydrogen-bond donors (Lipinski definition) is 0. The van der Waals surface area contributed by atoms with Crippen LogP contribution in [-0.2, 0) is 11.3 Å². The summed E-state index contributed by atoms with van der Waals surface area (Å²) in [6.45, 7) is 3.59. The Kier molecular flexibility index (Phi) is 6.86. The molecule has 176 valence electrons. The summed E-state index contributed by atoms with van der Waals surface area (Å²) in [5.74, 6) is 0.532. The fourth-order valence-corrected chi connectivity index (χ4v) is 6.69. The number of ketones is 1. The van der Waals surface area contributed by atoms with E-state index >= 15 is 0 Å². The van der Waals surface area contributed by atoms with Gasteiger partial charge in [0.25, 0.3) is 0 Å². The average Bonchev–Trinajstić information content (AvgIpc) is 3.28. The Bertz CT molecular complexity index is 1140. The van der Waals surface area contributed by atoms with Crippen molar-refractivity contribution in [3.63, 3.8) is 0 Å².